The predicted molar refractivity (Wildman–Crippen MR) is 20.5 cm³/mol. The van der Waals surface area contributed by atoms with Crippen molar-refractivity contribution in [2.75, 3.05) is 0 Å². The standard InChI is InChI=1S/2ClH.Hg.HNO3/c;;;2-1(3)4/h2*1H;;(H,2,3,4)/q;;+2;/p-2. The fraction of sp³-hybridized carbons (Fsp3) is 0. The molecule has 0 radical (unpaired) electrons. The van der Waals surface area contributed by atoms with E-state index in [0.717, 1.165) is 0 Å². The molecule has 7 heteroatoms. The Hall–Kier alpha value is 0.715. The second-order valence-corrected chi connectivity index (χ2v) is 8.22. The minimum atomic E-state index is -1.50. The Balaban J connectivity index is 0. The first-order valence-corrected chi connectivity index (χ1v) is 14.6. The third kappa shape index (κ3) is 292. The molecule has 0 amide bonds. The Morgan fingerprint density at radius 1 is 1.71 bits per heavy atom. The van der Waals surface area contributed by atoms with Gasteiger partial charge in [0.15, 0.2) is 0 Å². The van der Waals surface area contributed by atoms with Crippen molar-refractivity contribution in [3.63, 3.8) is 0 Å². The van der Waals surface area contributed by atoms with Gasteiger partial charge in [0.25, 0.3) is 5.09 Å². The molecule has 0 rings (SSSR count). The Morgan fingerprint density at radius 3 is 1.71 bits per heavy atom. The molecule has 0 fully saturated rings. The van der Waals surface area contributed by atoms with Gasteiger partial charge < -0.3 is 5.21 Å². The van der Waals surface area contributed by atoms with Gasteiger partial charge in [-0.05, 0) is 0 Å². The van der Waals surface area contributed by atoms with Crippen molar-refractivity contribution in [2.24, 2.45) is 0 Å². The van der Waals surface area contributed by atoms with E-state index in [-0.39, 0.29) is 0 Å². The average Bonchev–Trinajstić information content (AvgIpc) is 1.33. The number of halogens is 2. The average molecular weight is 335 g/mol. The molecule has 0 aliphatic carbocycles. The van der Waals surface area contributed by atoms with Crippen molar-refractivity contribution in [3.8, 4) is 0 Å². The van der Waals surface area contributed by atoms with Gasteiger partial charge in [-0.15, -0.1) is 10.1 Å². The van der Waals surface area contributed by atoms with E-state index >= 15 is 0 Å². The van der Waals surface area contributed by atoms with E-state index in [1.165, 1.54) is 0 Å². The molecule has 0 unspecified atom stereocenters. The van der Waals surface area contributed by atoms with E-state index in [1.54, 1.807) is 0 Å². The van der Waals surface area contributed by atoms with Gasteiger partial charge in [-0.1, -0.05) is 0 Å². The van der Waals surface area contributed by atoms with Crippen LogP contribution < -0.4 is 0 Å². The third-order valence-electron chi connectivity index (χ3n) is 0. The molecule has 0 aliphatic rings. The van der Waals surface area contributed by atoms with Crippen LogP contribution in [0.15, 0.2) is 0 Å². The molecule has 40 valence electrons. The van der Waals surface area contributed by atoms with Crippen LogP contribution in [0, 0.1) is 10.1 Å². The molecule has 0 spiro atoms. The summed E-state index contributed by atoms with van der Waals surface area (Å²) in [5.41, 5.74) is 0. The summed E-state index contributed by atoms with van der Waals surface area (Å²) in [6.45, 7) is 0. The molecule has 0 saturated carbocycles. The first-order chi connectivity index (χ1) is 3.15. The van der Waals surface area contributed by atoms with Crippen LogP contribution in [0.5, 0.6) is 0 Å². The van der Waals surface area contributed by atoms with E-state index in [9.17, 15) is 0 Å². The number of rotatable bonds is 0. The van der Waals surface area contributed by atoms with Crippen LogP contribution in [0.25, 0.3) is 0 Å². The van der Waals surface area contributed by atoms with Gasteiger partial charge in [-0.25, -0.2) is 0 Å². The van der Waals surface area contributed by atoms with E-state index in [0.29, 0.717) is 0 Å². The molecule has 0 saturated heterocycles. The van der Waals surface area contributed by atoms with E-state index in [2.05, 4.69) is 0 Å². The van der Waals surface area contributed by atoms with Crippen molar-refractivity contribution in [3.05, 3.63) is 10.1 Å². The summed E-state index contributed by atoms with van der Waals surface area (Å²) in [5, 5.41) is 13.6. The molecular weight excluding hydrogens is 334 g/mol. The zero-order valence-corrected chi connectivity index (χ0v) is 10.2. The molecule has 1 N–H and O–H groups in total. The zero-order chi connectivity index (χ0) is 6.28. The third-order valence-corrected chi connectivity index (χ3v) is 0. The summed E-state index contributed by atoms with van der Waals surface area (Å²) >= 11 is -1.14. The van der Waals surface area contributed by atoms with Gasteiger partial charge in [0.2, 0.25) is 0 Å². The van der Waals surface area contributed by atoms with Gasteiger partial charge in [0.1, 0.15) is 0 Å². The topological polar surface area (TPSA) is 63.4 Å². The zero-order valence-electron chi connectivity index (χ0n) is 3.17. The molecule has 0 aromatic carbocycles. The molecule has 0 heterocycles. The Labute approximate surface area is 58.8 Å². The number of nitrogens with zero attached hydrogens (tertiary/aromatic N) is 1. The quantitative estimate of drug-likeness (QED) is 0.409. The SMILES string of the molecule is O=[N+]([O-])O.[Cl][Hg][Cl]. The van der Waals surface area contributed by atoms with E-state index < -0.39 is 27.2 Å². The van der Waals surface area contributed by atoms with Crippen molar-refractivity contribution in [1.29, 1.82) is 0 Å². The number of hydrogen-bond acceptors (Lipinski definition) is 2. The van der Waals surface area contributed by atoms with Crippen LogP contribution in [0.2, 0.25) is 0 Å². The summed E-state index contributed by atoms with van der Waals surface area (Å²) in [7, 11) is 9.97. The van der Waals surface area contributed by atoms with Crippen molar-refractivity contribution in [1.82, 2.24) is 0 Å². The van der Waals surface area contributed by atoms with Crippen LogP contribution in [0.3, 0.4) is 0 Å². The summed E-state index contributed by atoms with van der Waals surface area (Å²) in [5.74, 6) is 0. The van der Waals surface area contributed by atoms with Gasteiger partial charge in [-0.2, -0.15) is 0 Å². The summed E-state index contributed by atoms with van der Waals surface area (Å²) in [6, 6.07) is 0. The minimum absolute atomic E-state index is 1.14. The second kappa shape index (κ2) is 9.87. The van der Waals surface area contributed by atoms with Crippen molar-refractivity contribution in [2.45, 2.75) is 0 Å². The maximum absolute atomic E-state index is 8.36. The molecule has 7 heavy (non-hydrogen) atoms. The summed E-state index contributed by atoms with van der Waals surface area (Å²) in [4.78, 5) is 8.36. The second-order valence-electron chi connectivity index (χ2n) is 0.339. The van der Waals surface area contributed by atoms with E-state index in [1.807, 2.05) is 0 Å². The Bertz CT molecular complexity index is 44.2. The van der Waals surface area contributed by atoms with Crippen LogP contribution in [0.4, 0.5) is 0 Å². The molecule has 0 bridgehead atoms. The van der Waals surface area contributed by atoms with Gasteiger partial charge in [-0.3, -0.25) is 0 Å². The van der Waals surface area contributed by atoms with Crippen LogP contribution in [-0.4, -0.2) is 10.3 Å². The first kappa shape index (κ1) is 10.7. The molecule has 4 nitrogen and oxygen atoms in total. The fourth-order valence-corrected chi connectivity index (χ4v) is 0. The van der Waals surface area contributed by atoms with Crippen LogP contribution in [0.1, 0.15) is 0 Å². The number of hydrogen-bond donors (Lipinski definition) is 1. The van der Waals surface area contributed by atoms with Gasteiger partial charge in [0.05, 0.1) is 0 Å². The normalized spacial score (nSPS) is 4.86. The van der Waals surface area contributed by atoms with Gasteiger partial charge in [0, 0.05) is 0 Å². The predicted octanol–water partition coefficient (Wildman–Crippen LogP) is 1.03. The van der Waals surface area contributed by atoms with Crippen LogP contribution >= 0.6 is 16.5 Å². The van der Waals surface area contributed by atoms with Crippen LogP contribution in [-0.2, 0) is 22.1 Å². The summed E-state index contributed by atoms with van der Waals surface area (Å²) in [6.07, 6.45) is 0. The van der Waals surface area contributed by atoms with Crippen molar-refractivity contribution >= 4 is 16.5 Å². The first-order valence-electron chi connectivity index (χ1n) is 1.10. The molecule has 0 atom stereocenters. The molecule has 0 aromatic heterocycles. The summed E-state index contributed by atoms with van der Waals surface area (Å²) < 4.78 is 0. The van der Waals surface area contributed by atoms with Crippen molar-refractivity contribution < 1.29 is 32.4 Å². The molecule has 0 aliphatic heterocycles. The monoisotopic (exact) mass is 335 g/mol. The van der Waals surface area contributed by atoms with E-state index in [4.69, 9.17) is 31.8 Å². The fourth-order valence-electron chi connectivity index (χ4n) is 0. The maximum atomic E-state index is 8.36. The molecule has 0 aromatic rings. The molecular formula is HCl2HgNO3. The Morgan fingerprint density at radius 2 is 1.71 bits per heavy atom. The Kier molecular flexibility index (Phi) is 15.0. The van der Waals surface area contributed by atoms with Gasteiger partial charge >= 0.3 is 38.6 Å².